The number of fused-ring (bicyclic) bond motifs is 1. The van der Waals surface area contributed by atoms with Crippen LogP contribution in [0, 0.1) is 0 Å². The van der Waals surface area contributed by atoms with Crippen molar-refractivity contribution in [2.75, 3.05) is 7.05 Å². The Labute approximate surface area is 75.0 Å². The number of hydrogen-bond acceptors (Lipinski definition) is 2. The lowest BCUT2D eigenvalue weighted by Crippen LogP contribution is -2.18. The number of nitrogens with one attached hydrogen (secondary N) is 2. The van der Waals surface area contributed by atoms with Gasteiger partial charge in [-0.05, 0) is 12.1 Å². The summed E-state index contributed by atoms with van der Waals surface area (Å²) < 4.78 is 0. The standard InChI is InChI=1S/C9H9N3O/c1-10-9(13)7-4-6-2-3-11-8(6)5-12-7/h2-5,11H,1H3,(H,10,13). The Bertz CT molecular complexity index is 447. The molecule has 0 aliphatic rings. The fourth-order valence-corrected chi connectivity index (χ4v) is 1.20. The second-order valence-corrected chi connectivity index (χ2v) is 2.71. The number of carbonyl (C=O) groups excluding carboxylic acids is 1. The van der Waals surface area contributed by atoms with Crippen molar-refractivity contribution in [3.63, 3.8) is 0 Å². The number of carbonyl (C=O) groups is 1. The zero-order valence-electron chi connectivity index (χ0n) is 7.16. The molecule has 0 radical (unpaired) electrons. The largest absolute Gasteiger partial charge is 0.360 e. The molecule has 2 rings (SSSR count). The van der Waals surface area contributed by atoms with Crippen LogP contribution in [0.2, 0.25) is 0 Å². The normalized spacial score (nSPS) is 10.2. The Morgan fingerprint density at radius 3 is 3.23 bits per heavy atom. The van der Waals surface area contributed by atoms with E-state index in [1.807, 2.05) is 12.3 Å². The first kappa shape index (κ1) is 7.79. The van der Waals surface area contributed by atoms with Gasteiger partial charge in [-0.2, -0.15) is 0 Å². The lowest BCUT2D eigenvalue weighted by Gasteiger charge is -1.97. The van der Waals surface area contributed by atoms with Crippen molar-refractivity contribution in [3.8, 4) is 0 Å². The second-order valence-electron chi connectivity index (χ2n) is 2.71. The zero-order valence-corrected chi connectivity index (χ0v) is 7.16. The summed E-state index contributed by atoms with van der Waals surface area (Å²) in [5.41, 5.74) is 1.38. The third kappa shape index (κ3) is 1.26. The smallest absolute Gasteiger partial charge is 0.269 e. The number of pyridine rings is 1. The predicted molar refractivity (Wildman–Crippen MR) is 49.5 cm³/mol. The Kier molecular flexibility index (Phi) is 1.73. The van der Waals surface area contributed by atoms with Crippen molar-refractivity contribution in [1.82, 2.24) is 15.3 Å². The molecule has 0 spiro atoms. The molecule has 13 heavy (non-hydrogen) atoms. The molecule has 0 aliphatic heterocycles. The van der Waals surface area contributed by atoms with Crippen molar-refractivity contribution >= 4 is 16.8 Å². The summed E-state index contributed by atoms with van der Waals surface area (Å²) in [4.78, 5) is 18.2. The SMILES string of the molecule is CNC(=O)c1cc2cc[nH]c2cn1. The van der Waals surface area contributed by atoms with Gasteiger partial charge in [-0.1, -0.05) is 0 Å². The Morgan fingerprint density at radius 1 is 1.62 bits per heavy atom. The lowest BCUT2D eigenvalue weighted by atomic mass is 10.2. The summed E-state index contributed by atoms with van der Waals surface area (Å²) in [6.07, 6.45) is 3.47. The van der Waals surface area contributed by atoms with Crippen LogP contribution in [-0.4, -0.2) is 22.9 Å². The molecule has 0 unspecified atom stereocenters. The van der Waals surface area contributed by atoms with Crippen molar-refractivity contribution in [3.05, 3.63) is 30.2 Å². The molecular weight excluding hydrogens is 166 g/mol. The maximum absolute atomic E-state index is 11.2. The molecule has 4 heteroatoms. The quantitative estimate of drug-likeness (QED) is 0.677. The van der Waals surface area contributed by atoms with Crippen molar-refractivity contribution in [2.24, 2.45) is 0 Å². The van der Waals surface area contributed by atoms with Gasteiger partial charge in [-0.15, -0.1) is 0 Å². The second kappa shape index (κ2) is 2.90. The highest BCUT2D eigenvalue weighted by Crippen LogP contribution is 2.11. The Morgan fingerprint density at radius 2 is 2.46 bits per heavy atom. The highest BCUT2D eigenvalue weighted by Gasteiger charge is 2.05. The molecule has 2 heterocycles. The van der Waals surface area contributed by atoms with Crippen LogP contribution in [0.5, 0.6) is 0 Å². The first-order valence-electron chi connectivity index (χ1n) is 3.96. The summed E-state index contributed by atoms with van der Waals surface area (Å²) in [6.45, 7) is 0. The van der Waals surface area contributed by atoms with E-state index in [2.05, 4.69) is 15.3 Å². The molecule has 2 N–H and O–H groups in total. The molecule has 0 saturated heterocycles. The van der Waals surface area contributed by atoms with Gasteiger partial charge in [0, 0.05) is 18.6 Å². The Hall–Kier alpha value is -1.84. The van der Waals surface area contributed by atoms with Crippen LogP contribution in [-0.2, 0) is 0 Å². The predicted octanol–water partition coefficient (Wildman–Crippen LogP) is 0.922. The van der Waals surface area contributed by atoms with Crippen LogP contribution in [0.3, 0.4) is 0 Å². The first-order chi connectivity index (χ1) is 6.31. The number of nitrogens with zero attached hydrogens (tertiary/aromatic N) is 1. The van der Waals surface area contributed by atoms with Gasteiger partial charge in [0.05, 0.1) is 11.7 Å². The minimum Gasteiger partial charge on any atom is -0.360 e. The highest BCUT2D eigenvalue weighted by molar-refractivity contribution is 5.95. The number of rotatable bonds is 1. The van der Waals surface area contributed by atoms with E-state index in [9.17, 15) is 4.79 Å². The topological polar surface area (TPSA) is 57.8 Å². The first-order valence-corrected chi connectivity index (χ1v) is 3.96. The van der Waals surface area contributed by atoms with Crippen LogP contribution < -0.4 is 5.32 Å². The van der Waals surface area contributed by atoms with Crippen LogP contribution in [0.4, 0.5) is 0 Å². The molecular formula is C9H9N3O. The van der Waals surface area contributed by atoms with E-state index in [-0.39, 0.29) is 5.91 Å². The number of aromatic amines is 1. The average molecular weight is 175 g/mol. The molecule has 0 saturated carbocycles. The number of H-pyrrole nitrogens is 1. The van der Waals surface area contributed by atoms with E-state index in [1.54, 1.807) is 19.3 Å². The number of hydrogen-bond donors (Lipinski definition) is 2. The fraction of sp³-hybridized carbons (Fsp3) is 0.111. The van der Waals surface area contributed by atoms with Crippen LogP contribution in [0.1, 0.15) is 10.5 Å². The van der Waals surface area contributed by atoms with Gasteiger partial charge in [0.1, 0.15) is 5.69 Å². The van der Waals surface area contributed by atoms with Gasteiger partial charge in [-0.25, -0.2) is 4.98 Å². The molecule has 0 aliphatic carbocycles. The minimum atomic E-state index is -0.164. The monoisotopic (exact) mass is 175 g/mol. The zero-order chi connectivity index (χ0) is 9.26. The third-order valence-corrected chi connectivity index (χ3v) is 1.90. The summed E-state index contributed by atoms with van der Waals surface area (Å²) >= 11 is 0. The van der Waals surface area contributed by atoms with Crippen molar-refractivity contribution in [2.45, 2.75) is 0 Å². The third-order valence-electron chi connectivity index (χ3n) is 1.90. The maximum Gasteiger partial charge on any atom is 0.269 e. The molecule has 2 aromatic heterocycles. The van der Waals surface area contributed by atoms with Gasteiger partial charge in [0.15, 0.2) is 0 Å². The van der Waals surface area contributed by atoms with Crippen molar-refractivity contribution < 1.29 is 4.79 Å². The van der Waals surface area contributed by atoms with Crippen LogP contribution >= 0.6 is 0 Å². The molecule has 0 fully saturated rings. The molecule has 66 valence electrons. The van der Waals surface area contributed by atoms with Gasteiger partial charge in [0.25, 0.3) is 5.91 Å². The average Bonchev–Trinajstić information content (AvgIpc) is 2.63. The number of amides is 1. The van der Waals surface area contributed by atoms with E-state index in [0.29, 0.717) is 5.69 Å². The molecule has 2 aromatic rings. The van der Waals surface area contributed by atoms with Gasteiger partial charge >= 0.3 is 0 Å². The van der Waals surface area contributed by atoms with Gasteiger partial charge in [0.2, 0.25) is 0 Å². The fourth-order valence-electron chi connectivity index (χ4n) is 1.20. The van der Waals surface area contributed by atoms with Crippen molar-refractivity contribution in [1.29, 1.82) is 0 Å². The molecule has 0 bridgehead atoms. The molecule has 0 aromatic carbocycles. The summed E-state index contributed by atoms with van der Waals surface area (Å²) in [5, 5.41) is 3.52. The van der Waals surface area contributed by atoms with Gasteiger partial charge < -0.3 is 10.3 Å². The minimum absolute atomic E-state index is 0.164. The van der Waals surface area contributed by atoms with E-state index in [0.717, 1.165) is 10.9 Å². The van der Waals surface area contributed by atoms with E-state index in [1.165, 1.54) is 0 Å². The van der Waals surface area contributed by atoms with E-state index < -0.39 is 0 Å². The molecule has 0 atom stereocenters. The van der Waals surface area contributed by atoms with Crippen LogP contribution in [0.15, 0.2) is 24.5 Å². The summed E-state index contributed by atoms with van der Waals surface area (Å²) in [5.74, 6) is -0.164. The van der Waals surface area contributed by atoms with Gasteiger partial charge in [-0.3, -0.25) is 4.79 Å². The molecule has 4 nitrogen and oxygen atoms in total. The summed E-state index contributed by atoms with van der Waals surface area (Å²) in [6, 6.07) is 3.66. The van der Waals surface area contributed by atoms with E-state index >= 15 is 0 Å². The van der Waals surface area contributed by atoms with E-state index in [4.69, 9.17) is 0 Å². The molecule has 1 amide bonds. The Balaban J connectivity index is 2.54. The van der Waals surface area contributed by atoms with Crippen LogP contribution in [0.25, 0.3) is 10.9 Å². The maximum atomic E-state index is 11.2. The summed E-state index contributed by atoms with van der Waals surface area (Å²) in [7, 11) is 1.59. The highest BCUT2D eigenvalue weighted by atomic mass is 16.1. The number of aromatic nitrogens is 2. The lowest BCUT2D eigenvalue weighted by molar-refractivity contribution is 0.0958.